The molecule has 0 aliphatic rings. The molecular weight excluding hydrogens is 276 g/mol. The standard InChI is InChI=1S/C13H16N4O2S/c1-8-6-11(14)17-13(15-8)20-7-12(18)16-9(2)10-4-3-5-19-10/h3-6,9H,7H2,1-2H3,(H,16,18)(H2,14,15,17). The summed E-state index contributed by atoms with van der Waals surface area (Å²) in [6.45, 7) is 3.70. The number of aryl methyl sites for hydroxylation is 1. The van der Waals surface area contributed by atoms with Crippen LogP contribution in [0.15, 0.2) is 34.0 Å². The number of furan rings is 1. The van der Waals surface area contributed by atoms with Gasteiger partial charge in [0.15, 0.2) is 5.16 Å². The van der Waals surface area contributed by atoms with Gasteiger partial charge in [0, 0.05) is 11.8 Å². The summed E-state index contributed by atoms with van der Waals surface area (Å²) in [7, 11) is 0. The molecule has 2 heterocycles. The van der Waals surface area contributed by atoms with Crippen LogP contribution >= 0.6 is 11.8 Å². The Morgan fingerprint density at radius 2 is 2.35 bits per heavy atom. The van der Waals surface area contributed by atoms with Gasteiger partial charge in [0.05, 0.1) is 18.1 Å². The van der Waals surface area contributed by atoms with Crippen LogP contribution in [0.2, 0.25) is 0 Å². The molecule has 0 aliphatic heterocycles. The number of nitrogen functional groups attached to an aromatic ring is 1. The molecule has 106 valence electrons. The van der Waals surface area contributed by atoms with Crippen LogP contribution in [-0.2, 0) is 4.79 Å². The van der Waals surface area contributed by atoms with Crippen molar-refractivity contribution in [1.29, 1.82) is 0 Å². The van der Waals surface area contributed by atoms with Crippen LogP contribution in [0.4, 0.5) is 5.82 Å². The highest BCUT2D eigenvalue weighted by atomic mass is 32.2. The molecule has 6 nitrogen and oxygen atoms in total. The Morgan fingerprint density at radius 1 is 1.55 bits per heavy atom. The van der Waals surface area contributed by atoms with Crippen LogP contribution in [0.3, 0.4) is 0 Å². The first-order valence-corrected chi connectivity index (χ1v) is 7.10. The first-order chi connectivity index (χ1) is 9.54. The number of thioether (sulfide) groups is 1. The molecule has 0 aromatic carbocycles. The predicted octanol–water partition coefficient (Wildman–Crippen LogP) is 1.93. The van der Waals surface area contributed by atoms with E-state index in [9.17, 15) is 4.79 Å². The van der Waals surface area contributed by atoms with Crippen LogP contribution in [0.1, 0.15) is 24.4 Å². The van der Waals surface area contributed by atoms with Gasteiger partial charge in [0.2, 0.25) is 5.91 Å². The maximum Gasteiger partial charge on any atom is 0.231 e. The monoisotopic (exact) mass is 292 g/mol. The van der Waals surface area contributed by atoms with Crippen molar-refractivity contribution in [3.63, 3.8) is 0 Å². The molecule has 0 bridgehead atoms. The third kappa shape index (κ3) is 3.99. The van der Waals surface area contributed by atoms with Gasteiger partial charge in [0.1, 0.15) is 11.6 Å². The molecule has 0 saturated heterocycles. The Morgan fingerprint density at radius 3 is 3.00 bits per heavy atom. The minimum absolute atomic E-state index is 0.109. The fourth-order valence-corrected chi connectivity index (χ4v) is 2.37. The zero-order valence-corrected chi connectivity index (χ0v) is 12.1. The number of hydrogen-bond acceptors (Lipinski definition) is 6. The number of carbonyl (C=O) groups is 1. The van der Waals surface area contributed by atoms with E-state index in [1.807, 2.05) is 19.9 Å². The van der Waals surface area contributed by atoms with Crippen molar-refractivity contribution in [2.45, 2.75) is 25.0 Å². The summed E-state index contributed by atoms with van der Waals surface area (Å²) in [6.07, 6.45) is 1.58. The number of amides is 1. The summed E-state index contributed by atoms with van der Waals surface area (Å²) in [5, 5.41) is 3.34. The van der Waals surface area contributed by atoms with Crippen LogP contribution < -0.4 is 11.1 Å². The molecule has 1 unspecified atom stereocenters. The van der Waals surface area contributed by atoms with Crippen LogP contribution in [0.25, 0.3) is 0 Å². The Kier molecular flexibility index (Phi) is 4.62. The molecule has 7 heteroatoms. The highest BCUT2D eigenvalue weighted by Gasteiger charge is 2.12. The van der Waals surface area contributed by atoms with E-state index in [4.69, 9.17) is 10.2 Å². The molecule has 0 spiro atoms. The van der Waals surface area contributed by atoms with Gasteiger partial charge in [-0.1, -0.05) is 11.8 Å². The molecule has 0 fully saturated rings. The minimum Gasteiger partial charge on any atom is -0.467 e. The smallest absolute Gasteiger partial charge is 0.231 e. The highest BCUT2D eigenvalue weighted by Crippen LogP contribution is 2.16. The maximum atomic E-state index is 11.8. The fraction of sp³-hybridized carbons (Fsp3) is 0.308. The summed E-state index contributed by atoms with van der Waals surface area (Å²) in [4.78, 5) is 20.1. The van der Waals surface area contributed by atoms with Crippen molar-refractivity contribution >= 4 is 23.5 Å². The number of rotatable bonds is 5. The Labute approximate surface area is 121 Å². The van der Waals surface area contributed by atoms with E-state index in [1.165, 1.54) is 11.8 Å². The van der Waals surface area contributed by atoms with Crippen molar-refractivity contribution in [3.8, 4) is 0 Å². The third-order valence-electron chi connectivity index (χ3n) is 2.53. The van der Waals surface area contributed by atoms with Crippen molar-refractivity contribution < 1.29 is 9.21 Å². The quantitative estimate of drug-likeness (QED) is 0.646. The van der Waals surface area contributed by atoms with Gasteiger partial charge in [-0.05, 0) is 26.0 Å². The van der Waals surface area contributed by atoms with E-state index in [0.29, 0.717) is 11.0 Å². The van der Waals surface area contributed by atoms with E-state index in [2.05, 4.69) is 15.3 Å². The average molecular weight is 292 g/mol. The van der Waals surface area contributed by atoms with Crippen LogP contribution in [0.5, 0.6) is 0 Å². The zero-order chi connectivity index (χ0) is 14.5. The molecule has 2 aromatic rings. The van der Waals surface area contributed by atoms with E-state index in [0.717, 1.165) is 11.5 Å². The SMILES string of the molecule is Cc1cc(N)nc(SCC(=O)NC(C)c2ccco2)n1. The predicted molar refractivity (Wildman–Crippen MR) is 77.2 cm³/mol. The first-order valence-electron chi connectivity index (χ1n) is 6.11. The average Bonchev–Trinajstić information content (AvgIpc) is 2.89. The van der Waals surface area contributed by atoms with Gasteiger partial charge >= 0.3 is 0 Å². The van der Waals surface area contributed by atoms with Crippen molar-refractivity contribution in [2.24, 2.45) is 0 Å². The van der Waals surface area contributed by atoms with Crippen molar-refractivity contribution in [1.82, 2.24) is 15.3 Å². The Hall–Kier alpha value is -2.02. The van der Waals surface area contributed by atoms with E-state index in [1.54, 1.807) is 18.4 Å². The van der Waals surface area contributed by atoms with Gasteiger partial charge < -0.3 is 15.5 Å². The van der Waals surface area contributed by atoms with Crippen molar-refractivity contribution in [2.75, 3.05) is 11.5 Å². The van der Waals surface area contributed by atoms with Gasteiger partial charge in [-0.2, -0.15) is 0 Å². The lowest BCUT2D eigenvalue weighted by atomic mass is 10.2. The molecule has 20 heavy (non-hydrogen) atoms. The second kappa shape index (κ2) is 6.42. The molecule has 3 N–H and O–H groups in total. The largest absolute Gasteiger partial charge is 0.467 e. The van der Waals surface area contributed by atoms with Gasteiger partial charge in [-0.25, -0.2) is 9.97 Å². The molecule has 0 saturated carbocycles. The Balaban J connectivity index is 1.86. The number of hydrogen-bond donors (Lipinski definition) is 2. The van der Waals surface area contributed by atoms with Gasteiger partial charge in [-0.3, -0.25) is 4.79 Å². The minimum atomic E-state index is -0.165. The summed E-state index contributed by atoms with van der Waals surface area (Å²) in [5.41, 5.74) is 6.42. The lowest BCUT2D eigenvalue weighted by molar-refractivity contribution is -0.119. The van der Waals surface area contributed by atoms with Gasteiger partial charge in [0.25, 0.3) is 0 Å². The molecule has 1 amide bonds. The number of carbonyl (C=O) groups excluding carboxylic acids is 1. The fourth-order valence-electron chi connectivity index (χ4n) is 1.65. The van der Waals surface area contributed by atoms with E-state index in [-0.39, 0.29) is 17.7 Å². The van der Waals surface area contributed by atoms with E-state index >= 15 is 0 Å². The Bertz CT molecular complexity index is 566. The number of nitrogens with two attached hydrogens (primary N) is 1. The number of anilines is 1. The molecule has 1 atom stereocenters. The number of aromatic nitrogens is 2. The van der Waals surface area contributed by atoms with Crippen LogP contribution in [0, 0.1) is 6.92 Å². The van der Waals surface area contributed by atoms with Crippen LogP contribution in [-0.4, -0.2) is 21.6 Å². The molecule has 0 aliphatic carbocycles. The normalized spacial score (nSPS) is 12.1. The van der Waals surface area contributed by atoms with Gasteiger partial charge in [-0.15, -0.1) is 0 Å². The molecular formula is C13H16N4O2S. The maximum absolute atomic E-state index is 11.8. The lowest BCUT2D eigenvalue weighted by Gasteiger charge is -2.10. The van der Waals surface area contributed by atoms with Crippen molar-refractivity contribution in [3.05, 3.63) is 35.9 Å². The summed E-state index contributed by atoms with van der Waals surface area (Å²) in [6, 6.07) is 5.13. The van der Waals surface area contributed by atoms with E-state index < -0.39 is 0 Å². The molecule has 2 aromatic heterocycles. The molecule has 0 radical (unpaired) electrons. The summed E-state index contributed by atoms with van der Waals surface area (Å²) < 4.78 is 5.23. The number of nitrogens with zero attached hydrogens (tertiary/aromatic N) is 2. The second-order valence-corrected chi connectivity index (χ2v) is 5.25. The zero-order valence-electron chi connectivity index (χ0n) is 11.3. The second-order valence-electron chi connectivity index (χ2n) is 4.31. The molecule has 2 rings (SSSR count). The highest BCUT2D eigenvalue weighted by molar-refractivity contribution is 7.99. The summed E-state index contributed by atoms with van der Waals surface area (Å²) >= 11 is 1.25. The third-order valence-corrected chi connectivity index (χ3v) is 3.38. The topological polar surface area (TPSA) is 94.0 Å². The number of nitrogens with one attached hydrogen (secondary N) is 1. The summed E-state index contributed by atoms with van der Waals surface area (Å²) in [5.74, 6) is 1.25. The lowest BCUT2D eigenvalue weighted by Crippen LogP contribution is -2.28. The first kappa shape index (κ1) is 14.4.